The Bertz CT molecular complexity index is 782. The lowest BCUT2D eigenvalue weighted by molar-refractivity contribution is -0.129. The lowest BCUT2D eigenvalue weighted by Gasteiger charge is -2.03. The van der Waals surface area contributed by atoms with Gasteiger partial charge in [0, 0.05) is 6.08 Å². The second-order valence-electron chi connectivity index (χ2n) is 4.10. The van der Waals surface area contributed by atoms with Gasteiger partial charge in [0.25, 0.3) is 0 Å². The van der Waals surface area contributed by atoms with Crippen LogP contribution in [0.15, 0.2) is 45.6 Å². The van der Waals surface area contributed by atoms with E-state index < -0.39 is 17.6 Å². The zero-order chi connectivity index (χ0) is 15.0. The predicted octanol–water partition coefficient (Wildman–Crippen LogP) is 3.56. The third-order valence-corrected chi connectivity index (χ3v) is 3.00. The second-order valence-corrected chi connectivity index (χ2v) is 4.50. The van der Waals surface area contributed by atoms with Gasteiger partial charge in [-0.25, -0.2) is 18.6 Å². The maximum absolute atomic E-state index is 13.3. The molecule has 0 spiro atoms. The van der Waals surface area contributed by atoms with Crippen molar-refractivity contribution >= 4 is 29.5 Å². The van der Waals surface area contributed by atoms with Crippen molar-refractivity contribution < 1.29 is 22.7 Å². The Morgan fingerprint density at radius 3 is 2.71 bits per heavy atom. The summed E-state index contributed by atoms with van der Waals surface area (Å²) in [4.78, 5) is 15.6. The van der Waals surface area contributed by atoms with Gasteiger partial charge in [-0.1, -0.05) is 11.6 Å². The van der Waals surface area contributed by atoms with Gasteiger partial charge in [-0.3, -0.25) is 0 Å². The van der Waals surface area contributed by atoms with Crippen LogP contribution >= 0.6 is 11.6 Å². The Hall–Kier alpha value is -2.47. The summed E-state index contributed by atoms with van der Waals surface area (Å²) in [5, 5.41) is -0.111. The van der Waals surface area contributed by atoms with Crippen molar-refractivity contribution in [1.82, 2.24) is 0 Å². The fourth-order valence-electron chi connectivity index (χ4n) is 1.72. The highest BCUT2D eigenvalue weighted by Crippen LogP contribution is 2.25. The van der Waals surface area contributed by atoms with E-state index in [1.165, 1.54) is 12.3 Å². The van der Waals surface area contributed by atoms with Gasteiger partial charge in [0.15, 0.2) is 17.3 Å². The van der Waals surface area contributed by atoms with E-state index in [-0.39, 0.29) is 22.2 Å². The Morgan fingerprint density at radius 1 is 1.24 bits per heavy atom. The van der Waals surface area contributed by atoms with Gasteiger partial charge in [0.05, 0.1) is 16.8 Å². The quantitative estimate of drug-likeness (QED) is 0.484. The minimum atomic E-state index is -1.11. The number of hydrogen-bond donors (Lipinski definition) is 0. The molecule has 2 heterocycles. The van der Waals surface area contributed by atoms with Crippen LogP contribution in [0.3, 0.4) is 0 Å². The van der Waals surface area contributed by atoms with E-state index in [4.69, 9.17) is 20.8 Å². The van der Waals surface area contributed by atoms with Gasteiger partial charge in [0.1, 0.15) is 5.76 Å². The van der Waals surface area contributed by atoms with E-state index in [1.807, 2.05) is 0 Å². The topological polar surface area (TPSA) is 51.8 Å². The molecule has 106 valence electrons. The molecule has 0 saturated heterocycles. The molecule has 2 aromatic rings. The van der Waals surface area contributed by atoms with Crippen molar-refractivity contribution in [1.29, 1.82) is 0 Å². The Morgan fingerprint density at radius 2 is 2.00 bits per heavy atom. The van der Waals surface area contributed by atoms with Gasteiger partial charge in [-0.2, -0.15) is 0 Å². The highest BCUT2D eigenvalue weighted by atomic mass is 35.5. The highest BCUT2D eigenvalue weighted by Gasteiger charge is 2.27. The van der Waals surface area contributed by atoms with Crippen LogP contribution in [0.2, 0.25) is 5.02 Å². The van der Waals surface area contributed by atoms with Crippen LogP contribution in [0.25, 0.3) is 6.08 Å². The molecule has 21 heavy (non-hydrogen) atoms. The molecule has 0 bridgehead atoms. The average Bonchev–Trinajstić information content (AvgIpc) is 3.05. The zero-order valence-corrected chi connectivity index (χ0v) is 11.0. The van der Waals surface area contributed by atoms with Crippen LogP contribution in [0.5, 0.6) is 0 Å². The number of carbonyl (C=O) groups is 1. The number of ether oxygens (including phenoxy) is 1. The summed E-state index contributed by atoms with van der Waals surface area (Å²) >= 11 is 5.80. The van der Waals surface area contributed by atoms with E-state index in [2.05, 4.69) is 4.99 Å². The van der Waals surface area contributed by atoms with E-state index >= 15 is 0 Å². The largest absolute Gasteiger partial charge is 0.465 e. The molecule has 7 heteroatoms. The molecule has 4 nitrogen and oxygen atoms in total. The van der Waals surface area contributed by atoms with Crippen LogP contribution in [-0.2, 0) is 9.53 Å². The van der Waals surface area contributed by atoms with Crippen LogP contribution in [-0.4, -0.2) is 11.9 Å². The van der Waals surface area contributed by atoms with Crippen molar-refractivity contribution in [2.45, 2.75) is 0 Å². The van der Waals surface area contributed by atoms with Crippen molar-refractivity contribution in [2.75, 3.05) is 0 Å². The summed E-state index contributed by atoms with van der Waals surface area (Å²) in [6, 6.07) is 4.87. The van der Waals surface area contributed by atoms with Crippen molar-refractivity contribution in [3.63, 3.8) is 0 Å². The Labute approximate surface area is 122 Å². The molecule has 0 N–H and O–H groups in total. The molecule has 0 unspecified atom stereocenters. The number of furan rings is 1. The minimum absolute atomic E-state index is 0.00763. The number of esters is 1. The lowest BCUT2D eigenvalue weighted by atomic mass is 10.2. The molecule has 0 saturated carbocycles. The number of hydrogen-bond acceptors (Lipinski definition) is 4. The van der Waals surface area contributed by atoms with Gasteiger partial charge in [-0.05, 0) is 24.3 Å². The molecule has 0 atom stereocenters. The number of rotatable bonds is 2. The van der Waals surface area contributed by atoms with Gasteiger partial charge in [-0.15, -0.1) is 0 Å². The first-order valence-corrected chi connectivity index (χ1v) is 6.13. The Balaban J connectivity index is 2.01. The van der Waals surface area contributed by atoms with Gasteiger partial charge >= 0.3 is 5.97 Å². The summed E-state index contributed by atoms with van der Waals surface area (Å²) in [6.07, 6.45) is 2.80. The van der Waals surface area contributed by atoms with Crippen LogP contribution in [0.4, 0.5) is 8.78 Å². The molecule has 0 amide bonds. The summed E-state index contributed by atoms with van der Waals surface area (Å²) in [6.45, 7) is 0. The molecule has 1 aliphatic heterocycles. The first-order valence-electron chi connectivity index (χ1n) is 5.75. The number of aliphatic imine (C=N–C) groups is 1. The van der Waals surface area contributed by atoms with Crippen LogP contribution < -0.4 is 0 Å². The van der Waals surface area contributed by atoms with Crippen molar-refractivity contribution in [3.05, 3.63) is 64.2 Å². The lowest BCUT2D eigenvalue weighted by Crippen LogP contribution is -2.07. The number of nitrogens with zero attached hydrogens (tertiary/aromatic N) is 1. The molecular formula is C14H6ClF2NO3. The highest BCUT2D eigenvalue weighted by molar-refractivity contribution is 6.34. The zero-order valence-electron chi connectivity index (χ0n) is 10.3. The molecule has 1 aromatic carbocycles. The normalized spacial score (nSPS) is 16.2. The fraction of sp³-hybridized carbons (Fsp3) is 0. The first-order chi connectivity index (χ1) is 10.0. The summed E-state index contributed by atoms with van der Waals surface area (Å²) in [5.41, 5.74) is -0.0347. The smallest absolute Gasteiger partial charge is 0.363 e. The molecular weight excluding hydrogens is 304 g/mol. The number of cyclic esters (lactones) is 1. The maximum Gasteiger partial charge on any atom is 0.363 e. The van der Waals surface area contributed by atoms with E-state index in [1.54, 1.807) is 12.1 Å². The molecule has 0 fully saturated rings. The van der Waals surface area contributed by atoms with Crippen LogP contribution in [0, 0.1) is 11.6 Å². The van der Waals surface area contributed by atoms with Crippen LogP contribution in [0.1, 0.15) is 11.3 Å². The third kappa shape index (κ3) is 2.57. The fourth-order valence-corrected chi connectivity index (χ4v) is 1.95. The third-order valence-electron chi connectivity index (χ3n) is 2.68. The monoisotopic (exact) mass is 309 g/mol. The molecule has 3 rings (SSSR count). The predicted molar refractivity (Wildman–Crippen MR) is 70.7 cm³/mol. The van der Waals surface area contributed by atoms with Gasteiger partial charge in [0.2, 0.25) is 5.90 Å². The number of halogens is 3. The van der Waals surface area contributed by atoms with E-state index in [9.17, 15) is 13.6 Å². The van der Waals surface area contributed by atoms with Crippen molar-refractivity contribution in [3.8, 4) is 0 Å². The first kappa shape index (κ1) is 13.5. The van der Waals surface area contributed by atoms with E-state index in [0.29, 0.717) is 5.76 Å². The Kier molecular flexibility index (Phi) is 3.31. The van der Waals surface area contributed by atoms with Gasteiger partial charge < -0.3 is 9.15 Å². The molecule has 0 radical (unpaired) electrons. The number of carbonyl (C=O) groups excluding carboxylic acids is 1. The number of benzene rings is 1. The average molecular weight is 310 g/mol. The summed E-state index contributed by atoms with van der Waals surface area (Å²) in [5.74, 6) is -2.73. The standard InChI is InChI=1S/C14H6ClF2NO3/c15-9-6-11(17)10(16)5-8(9)13-18-12(14(19)21-13)4-7-2-1-3-20-7/h1-6H/b12-4+. The molecule has 1 aromatic heterocycles. The maximum atomic E-state index is 13.3. The molecule has 1 aliphatic rings. The second kappa shape index (κ2) is 5.14. The summed E-state index contributed by atoms with van der Waals surface area (Å²) in [7, 11) is 0. The van der Waals surface area contributed by atoms with E-state index in [0.717, 1.165) is 12.1 Å². The molecule has 0 aliphatic carbocycles. The SMILES string of the molecule is O=C1OC(c2cc(F)c(F)cc2Cl)=N/C1=C/c1ccco1. The van der Waals surface area contributed by atoms with Crippen molar-refractivity contribution in [2.24, 2.45) is 4.99 Å². The minimum Gasteiger partial charge on any atom is -0.465 e. The summed E-state index contributed by atoms with van der Waals surface area (Å²) < 4.78 is 36.2.